The van der Waals surface area contributed by atoms with Gasteiger partial charge in [0.1, 0.15) is 0 Å². The lowest BCUT2D eigenvalue weighted by Crippen LogP contribution is -2.38. The molecule has 1 aliphatic heterocycles. The molecule has 2 fully saturated rings. The number of rotatable bonds is 4. The number of benzene rings is 1. The van der Waals surface area contributed by atoms with E-state index in [2.05, 4.69) is 10.6 Å². The van der Waals surface area contributed by atoms with Gasteiger partial charge in [0.25, 0.3) is 0 Å². The number of halogens is 3. The van der Waals surface area contributed by atoms with E-state index in [1.807, 2.05) is 11.8 Å². The molecule has 1 aliphatic carbocycles. The molecule has 2 aliphatic rings. The molecule has 1 heterocycles. The van der Waals surface area contributed by atoms with Gasteiger partial charge in [-0.1, -0.05) is 0 Å². The Balaban J connectivity index is 1.76. The fraction of sp³-hybridized carbons (Fsp3) is 0.588. The number of carbonyl (C=O) groups is 1. The van der Waals surface area contributed by atoms with Gasteiger partial charge in [-0.05, 0) is 43.9 Å². The van der Waals surface area contributed by atoms with Crippen LogP contribution in [0.1, 0.15) is 25.3 Å². The molecular formula is C17H22F3N3O2. The SMILES string of the molecule is CC(NC(=O)Nc1ccc(N2CCOCC2)cc1C(F)(F)F)C1CC1. The molecule has 1 atom stereocenters. The van der Waals surface area contributed by atoms with Crippen LogP contribution in [0.5, 0.6) is 0 Å². The van der Waals surface area contributed by atoms with Crippen molar-refractivity contribution in [2.24, 2.45) is 5.92 Å². The van der Waals surface area contributed by atoms with Crippen LogP contribution < -0.4 is 15.5 Å². The number of morpholine rings is 1. The lowest BCUT2D eigenvalue weighted by Gasteiger charge is -2.29. The van der Waals surface area contributed by atoms with Crippen molar-refractivity contribution in [3.63, 3.8) is 0 Å². The molecule has 25 heavy (non-hydrogen) atoms. The molecule has 2 N–H and O–H groups in total. The number of hydrogen-bond donors (Lipinski definition) is 2. The Morgan fingerprint density at radius 2 is 1.96 bits per heavy atom. The summed E-state index contributed by atoms with van der Waals surface area (Å²) < 4.78 is 45.5. The third-order valence-corrected chi connectivity index (χ3v) is 4.62. The smallest absolute Gasteiger partial charge is 0.378 e. The normalized spacial score (nSPS) is 19.4. The summed E-state index contributed by atoms with van der Waals surface area (Å²) in [6.07, 6.45) is -2.46. The molecule has 2 amide bonds. The average Bonchev–Trinajstić information content (AvgIpc) is 3.40. The zero-order valence-corrected chi connectivity index (χ0v) is 14.0. The molecule has 0 radical (unpaired) electrons. The molecule has 1 unspecified atom stereocenters. The maximum absolute atomic E-state index is 13.4. The molecule has 8 heteroatoms. The predicted octanol–water partition coefficient (Wildman–Crippen LogP) is 3.46. The van der Waals surface area contributed by atoms with Crippen LogP contribution in [0, 0.1) is 5.92 Å². The second-order valence-electron chi connectivity index (χ2n) is 6.55. The summed E-state index contributed by atoms with van der Waals surface area (Å²) in [7, 11) is 0. The number of anilines is 2. The van der Waals surface area contributed by atoms with Crippen molar-refractivity contribution >= 4 is 17.4 Å². The molecular weight excluding hydrogens is 335 g/mol. The minimum Gasteiger partial charge on any atom is -0.378 e. The molecule has 138 valence electrons. The van der Waals surface area contributed by atoms with E-state index in [4.69, 9.17) is 4.74 Å². The number of alkyl halides is 3. The Labute approximate surface area is 144 Å². The topological polar surface area (TPSA) is 53.6 Å². The van der Waals surface area contributed by atoms with Gasteiger partial charge in [0, 0.05) is 24.8 Å². The number of carbonyl (C=O) groups excluding carboxylic acids is 1. The van der Waals surface area contributed by atoms with Gasteiger partial charge >= 0.3 is 12.2 Å². The molecule has 0 aromatic heterocycles. The van der Waals surface area contributed by atoms with Crippen molar-refractivity contribution in [2.45, 2.75) is 32.0 Å². The van der Waals surface area contributed by atoms with Crippen LogP contribution in [0.25, 0.3) is 0 Å². The van der Waals surface area contributed by atoms with E-state index in [9.17, 15) is 18.0 Å². The summed E-state index contributed by atoms with van der Waals surface area (Å²) in [6.45, 7) is 3.93. The average molecular weight is 357 g/mol. The number of nitrogens with zero attached hydrogens (tertiary/aromatic N) is 1. The number of urea groups is 1. The highest BCUT2D eigenvalue weighted by atomic mass is 19.4. The first kappa shape index (κ1) is 17.8. The summed E-state index contributed by atoms with van der Waals surface area (Å²) in [4.78, 5) is 13.8. The Bertz CT molecular complexity index is 626. The predicted molar refractivity (Wildman–Crippen MR) is 88.8 cm³/mol. The Morgan fingerprint density at radius 1 is 1.28 bits per heavy atom. The van der Waals surface area contributed by atoms with Crippen molar-refractivity contribution in [3.05, 3.63) is 23.8 Å². The van der Waals surface area contributed by atoms with E-state index in [1.165, 1.54) is 6.07 Å². The van der Waals surface area contributed by atoms with E-state index >= 15 is 0 Å². The van der Waals surface area contributed by atoms with Gasteiger partial charge in [-0.25, -0.2) is 4.79 Å². The van der Waals surface area contributed by atoms with Gasteiger partial charge < -0.3 is 20.3 Å². The molecule has 3 rings (SSSR count). The first-order valence-corrected chi connectivity index (χ1v) is 8.46. The van der Waals surface area contributed by atoms with Crippen LogP contribution in [-0.2, 0) is 10.9 Å². The van der Waals surface area contributed by atoms with Crippen LogP contribution in [0.3, 0.4) is 0 Å². The van der Waals surface area contributed by atoms with Gasteiger partial charge in [-0.2, -0.15) is 13.2 Å². The zero-order chi connectivity index (χ0) is 18.0. The minimum absolute atomic E-state index is 0.0399. The third kappa shape index (κ3) is 4.56. The second kappa shape index (κ2) is 7.11. The lowest BCUT2D eigenvalue weighted by atomic mass is 10.1. The highest BCUT2D eigenvalue weighted by Crippen LogP contribution is 2.37. The largest absolute Gasteiger partial charge is 0.418 e. The number of ether oxygens (including phenoxy) is 1. The fourth-order valence-electron chi connectivity index (χ4n) is 2.97. The number of hydrogen-bond acceptors (Lipinski definition) is 3. The van der Waals surface area contributed by atoms with Crippen LogP contribution in [-0.4, -0.2) is 38.4 Å². The summed E-state index contributed by atoms with van der Waals surface area (Å²) >= 11 is 0. The van der Waals surface area contributed by atoms with Crippen LogP contribution >= 0.6 is 0 Å². The van der Waals surface area contributed by atoms with Crippen LogP contribution in [0.4, 0.5) is 29.3 Å². The molecule has 1 saturated heterocycles. The molecule has 1 saturated carbocycles. The van der Waals surface area contributed by atoms with Crippen molar-refractivity contribution in [2.75, 3.05) is 36.5 Å². The van der Waals surface area contributed by atoms with Crippen molar-refractivity contribution < 1.29 is 22.7 Å². The molecule has 0 bridgehead atoms. The quantitative estimate of drug-likeness (QED) is 0.868. The monoisotopic (exact) mass is 357 g/mol. The van der Waals surface area contributed by atoms with E-state index in [1.54, 1.807) is 6.07 Å². The van der Waals surface area contributed by atoms with E-state index < -0.39 is 17.8 Å². The first-order chi connectivity index (χ1) is 11.8. The maximum atomic E-state index is 13.4. The van der Waals surface area contributed by atoms with Crippen LogP contribution in [0.15, 0.2) is 18.2 Å². The fourth-order valence-corrected chi connectivity index (χ4v) is 2.97. The van der Waals surface area contributed by atoms with Crippen molar-refractivity contribution in [1.82, 2.24) is 5.32 Å². The third-order valence-electron chi connectivity index (χ3n) is 4.62. The first-order valence-electron chi connectivity index (χ1n) is 8.46. The highest BCUT2D eigenvalue weighted by molar-refractivity contribution is 5.90. The molecule has 1 aromatic carbocycles. The Morgan fingerprint density at radius 3 is 2.56 bits per heavy atom. The van der Waals surface area contributed by atoms with Crippen molar-refractivity contribution in [1.29, 1.82) is 0 Å². The lowest BCUT2D eigenvalue weighted by molar-refractivity contribution is -0.136. The standard InChI is InChI=1S/C17H22F3N3O2/c1-11(12-2-3-12)21-16(24)22-15-5-4-13(10-14(15)17(18,19)20)23-6-8-25-9-7-23/h4-5,10-12H,2-3,6-9H2,1H3,(H2,21,22,24). The number of nitrogens with one attached hydrogen (secondary N) is 2. The van der Waals surface area contributed by atoms with Crippen LogP contribution in [0.2, 0.25) is 0 Å². The number of amides is 2. The highest BCUT2D eigenvalue weighted by Gasteiger charge is 2.35. The Hall–Kier alpha value is -1.96. The van der Waals surface area contributed by atoms with Gasteiger partial charge in [0.15, 0.2) is 0 Å². The van der Waals surface area contributed by atoms with Gasteiger partial charge in [0.05, 0.1) is 24.5 Å². The van der Waals surface area contributed by atoms with E-state index in [-0.39, 0.29) is 11.7 Å². The summed E-state index contributed by atoms with van der Waals surface area (Å²) in [5, 5.41) is 5.05. The van der Waals surface area contributed by atoms with Gasteiger partial charge in [-0.3, -0.25) is 0 Å². The van der Waals surface area contributed by atoms with E-state index in [0.717, 1.165) is 18.9 Å². The molecule has 1 aromatic rings. The zero-order valence-electron chi connectivity index (χ0n) is 14.0. The molecule has 0 spiro atoms. The summed E-state index contributed by atoms with van der Waals surface area (Å²) in [5.74, 6) is 0.427. The Kier molecular flexibility index (Phi) is 5.08. The second-order valence-corrected chi connectivity index (χ2v) is 6.55. The summed E-state index contributed by atoms with van der Waals surface area (Å²) in [6, 6.07) is 3.35. The van der Waals surface area contributed by atoms with Gasteiger partial charge in [-0.15, -0.1) is 0 Å². The van der Waals surface area contributed by atoms with Gasteiger partial charge in [0.2, 0.25) is 0 Å². The maximum Gasteiger partial charge on any atom is 0.418 e. The van der Waals surface area contributed by atoms with Crippen molar-refractivity contribution in [3.8, 4) is 0 Å². The molecule has 5 nitrogen and oxygen atoms in total. The summed E-state index contributed by atoms with van der Waals surface area (Å²) in [5.41, 5.74) is -0.594. The minimum atomic E-state index is -4.55. The van der Waals surface area contributed by atoms with E-state index in [0.29, 0.717) is 37.9 Å².